The van der Waals surface area contributed by atoms with Gasteiger partial charge in [0.1, 0.15) is 11.6 Å². The second-order valence-corrected chi connectivity index (χ2v) is 3.38. The summed E-state index contributed by atoms with van der Waals surface area (Å²) in [6, 6.07) is 2.83. The number of carbonyl (C=O) groups excluding carboxylic acids is 1. The lowest BCUT2D eigenvalue weighted by Gasteiger charge is -1.99. The predicted molar refractivity (Wildman–Crippen MR) is 49.1 cm³/mol. The van der Waals surface area contributed by atoms with Crippen LogP contribution in [0, 0.1) is 11.6 Å². The first kappa shape index (κ1) is 10.2. The molecule has 0 atom stereocenters. The summed E-state index contributed by atoms with van der Waals surface area (Å²) in [4.78, 5) is 11.2. The summed E-state index contributed by atoms with van der Waals surface area (Å²) in [6.45, 7) is 0. The minimum Gasteiger partial charge on any atom is -0.293 e. The molecular formula is C9H8F2OS. The van der Waals surface area contributed by atoms with Crippen LogP contribution in [-0.4, -0.2) is 17.8 Å². The fraction of sp³-hybridized carbons (Fsp3) is 0.222. The van der Waals surface area contributed by atoms with Crippen LogP contribution in [0.3, 0.4) is 0 Å². The van der Waals surface area contributed by atoms with E-state index < -0.39 is 11.6 Å². The van der Waals surface area contributed by atoms with Crippen molar-refractivity contribution in [3.63, 3.8) is 0 Å². The molecule has 70 valence electrons. The van der Waals surface area contributed by atoms with Gasteiger partial charge in [-0.15, -0.1) is 0 Å². The third-order valence-corrected chi connectivity index (χ3v) is 2.01. The molecule has 0 bridgehead atoms. The van der Waals surface area contributed by atoms with Gasteiger partial charge in [0.15, 0.2) is 5.78 Å². The standard InChI is InChI=1S/C9H8F2OS/c1-13-5-9(12)6-2-7(10)4-8(11)3-6/h2-4H,5H2,1H3. The molecule has 0 N–H and O–H groups in total. The average Bonchev–Trinajstić information content (AvgIpc) is 2.03. The molecule has 0 amide bonds. The summed E-state index contributed by atoms with van der Waals surface area (Å²) < 4.78 is 25.3. The SMILES string of the molecule is CSCC(=O)c1cc(F)cc(F)c1. The van der Waals surface area contributed by atoms with Crippen LogP contribution in [0.1, 0.15) is 10.4 Å². The molecule has 1 rings (SSSR count). The van der Waals surface area contributed by atoms with E-state index in [0.717, 1.165) is 18.2 Å². The monoisotopic (exact) mass is 202 g/mol. The van der Waals surface area contributed by atoms with E-state index in [1.807, 2.05) is 0 Å². The molecule has 0 saturated heterocycles. The molecule has 0 aliphatic heterocycles. The van der Waals surface area contributed by atoms with Crippen molar-refractivity contribution in [2.75, 3.05) is 12.0 Å². The molecule has 0 heterocycles. The Morgan fingerprint density at radius 1 is 1.31 bits per heavy atom. The number of thioether (sulfide) groups is 1. The van der Waals surface area contributed by atoms with Crippen LogP contribution in [0.25, 0.3) is 0 Å². The van der Waals surface area contributed by atoms with E-state index >= 15 is 0 Å². The molecule has 0 aliphatic rings. The number of benzene rings is 1. The van der Waals surface area contributed by atoms with Crippen molar-refractivity contribution >= 4 is 17.5 Å². The zero-order chi connectivity index (χ0) is 9.84. The van der Waals surface area contributed by atoms with Crippen molar-refractivity contribution in [3.8, 4) is 0 Å². The minimum absolute atomic E-state index is 0.0897. The molecule has 0 fully saturated rings. The molecule has 0 spiro atoms. The van der Waals surface area contributed by atoms with E-state index in [-0.39, 0.29) is 17.1 Å². The summed E-state index contributed by atoms with van der Waals surface area (Å²) in [7, 11) is 0. The van der Waals surface area contributed by atoms with Crippen LogP contribution in [0.4, 0.5) is 8.78 Å². The van der Waals surface area contributed by atoms with Gasteiger partial charge in [0.2, 0.25) is 0 Å². The van der Waals surface area contributed by atoms with E-state index in [9.17, 15) is 13.6 Å². The topological polar surface area (TPSA) is 17.1 Å². The highest BCUT2D eigenvalue weighted by Crippen LogP contribution is 2.10. The van der Waals surface area contributed by atoms with Gasteiger partial charge in [0.05, 0.1) is 5.75 Å². The maximum atomic E-state index is 12.6. The van der Waals surface area contributed by atoms with Crippen LogP contribution in [-0.2, 0) is 0 Å². The second kappa shape index (κ2) is 4.37. The van der Waals surface area contributed by atoms with Gasteiger partial charge in [-0.2, -0.15) is 11.8 Å². The van der Waals surface area contributed by atoms with Crippen LogP contribution >= 0.6 is 11.8 Å². The van der Waals surface area contributed by atoms with Gasteiger partial charge in [-0.25, -0.2) is 8.78 Å². The lowest BCUT2D eigenvalue weighted by Crippen LogP contribution is -2.03. The first-order valence-electron chi connectivity index (χ1n) is 3.61. The fourth-order valence-electron chi connectivity index (χ4n) is 0.929. The summed E-state index contributed by atoms with van der Waals surface area (Å²) in [5.74, 6) is -1.46. The molecular weight excluding hydrogens is 194 g/mol. The Morgan fingerprint density at radius 3 is 2.31 bits per heavy atom. The van der Waals surface area contributed by atoms with E-state index in [4.69, 9.17) is 0 Å². The van der Waals surface area contributed by atoms with Gasteiger partial charge >= 0.3 is 0 Å². The number of ketones is 1. The number of carbonyl (C=O) groups is 1. The lowest BCUT2D eigenvalue weighted by molar-refractivity contribution is 0.102. The Labute approximate surface area is 79.1 Å². The van der Waals surface area contributed by atoms with Gasteiger partial charge in [-0.1, -0.05) is 0 Å². The molecule has 13 heavy (non-hydrogen) atoms. The summed E-state index contributed by atoms with van der Waals surface area (Å²) in [5.41, 5.74) is 0.0897. The van der Waals surface area contributed by atoms with E-state index in [1.165, 1.54) is 11.8 Å². The summed E-state index contributed by atoms with van der Waals surface area (Å²) in [6.07, 6.45) is 1.76. The van der Waals surface area contributed by atoms with Gasteiger partial charge in [-0.05, 0) is 18.4 Å². The van der Waals surface area contributed by atoms with E-state index in [2.05, 4.69) is 0 Å². The van der Waals surface area contributed by atoms with Crippen LogP contribution in [0.15, 0.2) is 18.2 Å². The van der Waals surface area contributed by atoms with Crippen molar-refractivity contribution in [1.82, 2.24) is 0 Å². The van der Waals surface area contributed by atoms with E-state index in [1.54, 1.807) is 6.26 Å². The van der Waals surface area contributed by atoms with Crippen LogP contribution in [0.5, 0.6) is 0 Å². The van der Waals surface area contributed by atoms with Crippen LogP contribution < -0.4 is 0 Å². The van der Waals surface area contributed by atoms with E-state index in [0.29, 0.717) is 0 Å². The maximum absolute atomic E-state index is 12.6. The number of Topliss-reactive ketones (excluding diaryl/α,β-unsaturated/α-hetero) is 1. The Kier molecular flexibility index (Phi) is 3.42. The van der Waals surface area contributed by atoms with Crippen molar-refractivity contribution in [2.45, 2.75) is 0 Å². The third kappa shape index (κ3) is 2.81. The molecule has 1 nitrogen and oxygen atoms in total. The Bertz CT molecular complexity index is 305. The van der Waals surface area contributed by atoms with Crippen molar-refractivity contribution in [1.29, 1.82) is 0 Å². The highest BCUT2D eigenvalue weighted by atomic mass is 32.2. The number of halogens is 2. The molecule has 1 aromatic rings. The lowest BCUT2D eigenvalue weighted by atomic mass is 10.1. The van der Waals surface area contributed by atoms with Crippen molar-refractivity contribution < 1.29 is 13.6 Å². The average molecular weight is 202 g/mol. The number of rotatable bonds is 3. The Hall–Kier alpha value is -0.900. The molecule has 0 aromatic heterocycles. The number of hydrogen-bond donors (Lipinski definition) is 0. The van der Waals surface area contributed by atoms with Gasteiger partial charge in [-0.3, -0.25) is 4.79 Å². The molecule has 4 heteroatoms. The second-order valence-electron chi connectivity index (χ2n) is 2.51. The van der Waals surface area contributed by atoms with Gasteiger partial charge in [0, 0.05) is 11.6 Å². The van der Waals surface area contributed by atoms with Gasteiger partial charge < -0.3 is 0 Å². The summed E-state index contributed by atoms with van der Waals surface area (Å²) >= 11 is 1.32. The fourth-order valence-corrected chi connectivity index (χ4v) is 1.36. The van der Waals surface area contributed by atoms with Crippen molar-refractivity contribution in [2.24, 2.45) is 0 Å². The zero-order valence-electron chi connectivity index (χ0n) is 7.01. The smallest absolute Gasteiger partial charge is 0.172 e. The minimum atomic E-state index is -0.718. The first-order chi connectivity index (χ1) is 6.13. The molecule has 0 unspecified atom stereocenters. The zero-order valence-corrected chi connectivity index (χ0v) is 7.83. The largest absolute Gasteiger partial charge is 0.293 e. The van der Waals surface area contributed by atoms with Crippen LogP contribution in [0.2, 0.25) is 0 Å². The number of hydrogen-bond acceptors (Lipinski definition) is 2. The maximum Gasteiger partial charge on any atom is 0.172 e. The highest BCUT2D eigenvalue weighted by Gasteiger charge is 2.07. The molecule has 0 saturated carbocycles. The first-order valence-corrected chi connectivity index (χ1v) is 5.01. The molecule has 0 aliphatic carbocycles. The third-order valence-electron chi connectivity index (χ3n) is 1.46. The summed E-state index contributed by atoms with van der Waals surface area (Å²) in [5, 5.41) is 0. The highest BCUT2D eigenvalue weighted by molar-refractivity contribution is 7.99. The molecule has 0 radical (unpaired) electrons. The molecule has 1 aromatic carbocycles. The predicted octanol–water partition coefficient (Wildman–Crippen LogP) is 2.51. The Morgan fingerprint density at radius 2 is 1.85 bits per heavy atom. The normalized spacial score (nSPS) is 10.1. The quantitative estimate of drug-likeness (QED) is 0.700. The van der Waals surface area contributed by atoms with Gasteiger partial charge in [0.25, 0.3) is 0 Å². The Balaban J connectivity index is 2.94. The van der Waals surface area contributed by atoms with Crippen molar-refractivity contribution in [3.05, 3.63) is 35.4 Å².